The molecule has 1 atom stereocenters. The molecule has 2 N–H and O–H groups in total. The smallest absolute Gasteiger partial charge is 0.434 e. The van der Waals surface area contributed by atoms with Gasteiger partial charge in [-0.2, -0.15) is 26.3 Å². The third kappa shape index (κ3) is 6.10. The highest BCUT2D eigenvalue weighted by Crippen LogP contribution is 2.58. The molecule has 15 heteroatoms. The molecule has 5 saturated carbocycles. The maximum absolute atomic E-state index is 14.7. The molecule has 9 rings (SSSR count). The van der Waals surface area contributed by atoms with E-state index < -0.39 is 59.1 Å². The van der Waals surface area contributed by atoms with Crippen molar-refractivity contribution in [2.45, 2.75) is 100 Å². The van der Waals surface area contributed by atoms with Crippen LogP contribution < -0.4 is 15.0 Å². The van der Waals surface area contributed by atoms with Crippen molar-refractivity contribution in [3.63, 3.8) is 0 Å². The number of carbonyl (C=O) groups is 2. The van der Waals surface area contributed by atoms with E-state index in [9.17, 15) is 41.0 Å². The Balaban J connectivity index is 1.08. The van der Waals surface area contributed by atoms with Gasteiger partial charge in [0.2, 0.25) is 5.95 Å². The number of carbonyl (C=O) groups excluding carboxylic acids is 1. The Morgan fingerprint density at radius 2 is 1.67 bits per heavy atom. The van der Waals surface area contributed by atoms with Gasteiger partial charge in [-0.3, -0.25) is 9.69 Å². The number of aliphatic carboxylic acids is 1. The van der Waals surface area contributed by atoms with Crippen LogP contribution in [0.25, 0.3) is 0 Å². The van der Waals surface area contributed by atoms with Crippen molar-refractivity contribution in [1.82, 2.24) is 20.2 Å². The van der Waals surface area contributed by atoms with E-state index in [1.807, 2.05) is 6.07 Å². The Labute approximate surface area is 291 Å². The van der Waals surface area contributed by atoms with Gasteiger partial charge < -0.3 is 20.1 Å². The molecule has 0 radical (unpaired) electrons. The number of carboxylic acid groups (broad SMARTS) is 1. The molecular formula is C36H41F6N5O4. The van der Waals surface area contributed by atoms with Gasteiger partial charge in [0.25, 0.3) is 5.91 Å². The maximum atomic E-state index is 14.7. The SMILES string of the molecule is O=C(NC1(C(=O)O)C2CC3CC(C2)CC1C3)c1cnc(N2CC3(CCCCC3)c3cc(OC4CCN(CC(F)(F)F)C4)ccc32)nc1C(F)(F)F. The zero-order valence-electron chi connectivity index (χ0n) is 28.0. The fourth-order valence-electron chi connectivity index (χ4n) is 10.7. The number of rotatable bonds is 7. The number of fused-ring (bicyclic) bond motifs is 2. The first-order valence-corrected chi connectivity index (χ1v) is 18.0. The topological polar surface area (TPSA) is 108 Å². The van der Waals surface area contributed by atoms with E-state index in [1.54, 1.807) is 17.0 Å². The molecule has 7 aliphatic rings. The minimum absolute atomic E-state index is 0.137. The zero-order chi connectivity index (χ0) is 35.9. The second kappa shape index (κ2) is 12.2. The molecule has 3 heterocycles. The van der Waals surface area contributed by atoms with E-state index in [2.05, 4.69) is 15.3 Å². The van der Waals surface area contributed by atoms with E-state index in [1.165, 1.54) is 4.90 Å². The maximum Gasteiger partial charge on any atom is 0.434 e. The van der Waals surface area contributed by atoms with Gasteiger partial charge in [0, 0.05) is 36.9 Å². The van der Waals surface area contributed by atoms with Crippen LogP contribution in [0.1, 0.15) is 92.2 Å². The highest BCUT2D eigenvalue weighted by molar-refractivity contribution is 5.99. The number of halogens is 6. The van der Waals surface area contributed by atoms with Crippen molar-refractivity contribution >= 4 is 23.5 Å². The normalized spacial score (nSPS) is 31.3. The quantitative estimate of drug-likeness (QED) is 0.299. The van der Waals surface area contributed by atoms with Crippen LogP contribution in [0.2, 0.25) is 0 Å². The van der Waals surface area contributed by atoms with Gasteiger partial charge in [-0.1, -0.05) is 19.3 Å². The van der Waals surface area contributed by atoms with Crippen LogP contribution >= 0.6 is 0 Å². The summed E-state index contributed by atoms with van der Waals surface area (Å²) in [7, 11) is 0. The number of hydrogen-bond acceptors (Lipinski definition) is 7. The molecule has 276 valence electrons. The number of amides is 1. The van der Waals surface area contributed by atoms with Gasteiger partial charge in [0.1, 0.15) is 17.4 Å². The predicted octanol–water partition coefficient (Wildman–Crippen LogP) is 6.87. The highest BCUT2D eigenvalue weighted by Gasteiger charge is 2.62. The van der Waals surface area contributed by atoms with Gasteiger partial charge in [0.15, 0.2) is 5.69 Å². The van der Waals surface area contributed by atoms with Gasteiger partial charge >= 0.3 is 18.3 Å². The lowest BCUT2D eigenvalue weighted by molar-refractivity contribution is -0.163. The third-order valence-corrected chi connectivity index (χ3v) is 12.7. The number of hydrogen-bond donors (Lipinski definition) is 2. The third-order valence-electron chi connectivity index (χ3n) is 12.7. The Hall–Kier alpha value is -3.62. The van der Waals surface area contributed by atoms with Crippen LogP contribution in [0.15, 0.2) is 24.4 Å². The Morgan fingerprint density at radius 1 is 0.980 bits per heavy atom. The van der Waals surface area contributed by atoms with Crippen molar-refractivity contribution in [2.24, 2.45) is 23.7 Å². The molecule has 1 unspecified atom stereocenters. The van der Waals surface area contributed by atoms with Crippen LogP contribution in [0.3, 0.4) is 0 Å². The average molecular weight is 722 g/mol. The van der Waals surface area contributed by atoms with Gasteiger partial charge in [0.05, 0.1) is 12.1 Å². The Kier molecular flexibility index (Phi) is 8.26. The number of anilines is 2. The number of nitrogens with one attached hydrogen (secondary N) is 1. The molecule has 6 fully saturated rings. The second-order valence-electron chi connectivity index (χ2n) is 15.8. The summed E-state index contributed by atoms with van der Waals surface area (Å²) in [6, 6.07) is 5.26. The van der Waals surface area contributed by atoms with E-state index in [0.29, 0.717) is 61.9 Å². The van der Waals surface area contributed by atoms with Crippen molar-refractivity contribution in [2.75, 3.05) is 31.1 Å². The number of likely N-dealkylation sites (tertiary alicyclic amines) is 1. The lowest BCUT2D eigenvalue weighted by Crippen LogP contribution is -2.70. The summed E-state index contributed by atoms with van der Waals surface area (Å²) in [6.07, 6.45) is -0.533. The molecule has 9 nitrogen and oxygen atoms in total. The van der Waals surface area contributed by atoms with Crippen LogP contribution in [0, 0.1) is 23.7 Å². The monoisotopic (exact) mass is 721 g/mol. The van der Waals surface area contributed by atoms with E-state index in [-0.39, 0.29) is 30.9 Å². The molecule has 51 heavy (non-hydrogen) atoms. The summed E-state index contributed by atoms with van der Waals surface area (Å²) in [5.41, 5.74) is -2.82. The first-order valence-electron chi connectivity index (χ1n) is 18.0. The first kappa shape index (κ1) is 34.5. The zero-order valence-corrected chi connectivity index (χ0v) is 28.0. The minimum atomic E-state index is -5.03. The Bertz CT molecular complexity index is 1680. The van der Waals surface area contributed by atoms with Crippen LogP contribution in [-0.2, 0) is 16.4 Å². The van der Waals surface area contributed by atoms with Crippen LogP contribution in [0.4, 0.5) is 38.0 Å². The van der Waals surface area contributed by atoms with E-state index in [4.69, 9.17) is 4.74 Å². The molecule has 5 aliphatic carbocycles. The fourth-order valence-corrected chi connectivity index (χ4v) is 10.7. The number of nitrogens with zero attached hydrogens (tertiary/aromatic N) is 4. The first-order chi connectivity index (χ1) is 24.1. The van der Waals surface area contributed by atoms with Crippen molar-refractivity contribution in [3.8, 4) is 5.75 Å². The molecule has 1 aromatic heterocycles. The average Bonchev–Trinajstić information content (AvgIpc) is 3.62. The molecule has 1 amide bonds. The lowest BCUT2D eigenvalue weighted by atomic mass is 9.48. The molecule has 1 aromatic carbocycles. The standard InChI is InChI=1S/C36H41F6N5O4/c37-34(38,39)19-46-9-6-25(17-46)51-24-4-5-28-27(15-24)33(7-2-1-3-8-33)18-47(28)32-43-16-26(29(44-32)36(40,41)42)30(48)45-35(31(49)50)22-11-20-10-21(13-22)14-23(35)12-20/h4-5,15-16,20-23,25H,1-3,6-14,17-19H2,(H,45,48)(H,49,50). The summed E-state index contributed by atoms with van der Waals surface area (Å²) in [5, 5.41) is 13.0. The molecule has 2 aliphatic heterocycles. The molecular weight excluding hydrogens is 680 g/mol. The predicted molar refractivity (Wildman–Crippen MR) is 172 cm³/mol. The number of aromatic nitrogens is 2. The molecule has 2 aromatic rings. The Morgan fingerprint density at radius 3 is 2.29 bits per heavy atom. The van der Waals surface area contributed by atoms with Gasteiger partial charge in [-0.05, 0) is 98.8 Å². The number of alkyl halides is 6. The second-order valence-corrected chi connectivity index (χ2v) is 15.8. The van der Waals surface area contributed by atoms with E-state index in [0.717, 1.165) is 50.3 Å². The highest BCUT2D eigenvalue weighted by atomic mass is 19.4. The summed E-state index contributed by atoms with van der Waals surface area (Å²) in [4.78, 5) is 37.8. The van der Waals surface area contributed by atoms with Crippen molar-refractivity contribution < 1.29 is 45.8 Å². The molecule has 4 bridgehead atoms. The minimum Gasteiger partial charge on any atom is -0.489 e. The van der Waals surface area contributed by atoms with E-state index >= 15 is 0 Å². The molecule has 1 saturated heterocycles. The number of ether oxygens (including phenoxy) is 1. The van der Waals surface area contributed by atoms with Crippen LogP contribution in [-0.4, -0.2) is 75.8 Å². The summed E-state index contributed by atoms with van der Waals surface area (Å²) >= 11 is 0. The van der Waals surface area contributed by atoms with Crippen molar-refractivity contribution in [3.05, 3.63) is 41.2 Å². The summed E-state index contributed by atoms with van der Waals surface area (Å²) in [5.74, 6) is -2.04. The van der Waals surface area contributed by atoms with Crippen LogP contribution in [0.5, 0.6) is 5.75 Å². The largest absolute Gasteiger partial charge is 0.489 e. The van der Waals surface area contributed by atoms with Crippen molar-refractivity contribution in [1.29, 1.82) is 0 Å². The number of benzene rings is 1. The summed E-state index contributed by atoms with van der Waals surface area (Å²) < 4.78 is 89.1. The lowest BCUT2D eigenvalue weighted by Gasteiger charge is -2.59. The number of carboxylic acids is 1. The van der Waals surface area contributed by atoms with Gasteiger partial charge in [-0.15, -0.1) is 0 Å². The van der Waals surface area contributed by atoms with Gasteiger partial charge in [-0.25, -0.2) is 14.8 Å². The summed E-state index contributed by atoms with van der Waals surface area (Å²) in [6.45, 7) is -0.292. The molecule has 1 spiro atoms. The fraction of sp³-hybridized carbons (Fsp3) is 0.667.